The Morgan fingerprint density at radius 3 is 2.56 bits per heavy atom. The zero-order chi connectivity index (χ0) is 18.4. The fourth-order valence-electron chi connectivity index (χ4n) is 3.12. The molecular weight excluding hydrogens is 368 g/mol. The molecule has 7 nitrogen and oxygen atoms in total. The number of carboxylic acid groups (broad SMARTS) is 1. The summed E-state index contributed by atoms with van der Waals surface area (Å²) in [6.07, 6.45) is 0.291. The van der Waals surface area contributed by atoms with Gasteiger partial charge in [-0.2, -0.15) is 0 Å². The molecule has 0 aliphatic carbocycles. The molecule has 25 heavy (non-hydrogen) atoms. The number of carboxylic acids is 1. The van der Waals surface area contributed by atoms with Gasteiger partial charge in [-0.15, -0.1) is 0 Å². The number of aliphatic carboxylic acids is 1. The van der Waals surface area contributed by atoms with Gasteiger partial charge in [0.05, 0.1) is 5.41 Å². The Labute approximate surface area is 151 Å². The molecule has 1 aromatic rings. The van der Waals surface area contributed by atoms with Crippen molar-refractivity contribution < 1.29 is 23.1 Å². The smallest absolute Gasteiger partial charge is 0.310 e. The predicted molar refractivity (Wildman–Crippen MR) is 92.0 cm³/mol. The van der Waals surface area contributed by atoms with Crippen molar-refractivity contribution >= 4 is 33.5 Å². The number of rotatable bonds is 4. The molecule has 136 valence electrons. The monoisotopic (exact) mass is 386 g/mol. The Bertz CT molecular complexity index is 822. The van der Waals surface area contributed by atoms with Crippen molar-refractivity contribution in [1.29, 1.82) is 0 Å². The van der Waals surface area contributed by atoms with E-state index in [4.69, 9.17) is 11.6 Å². The third-order valence-electron chi connectivity index (χ3n) is 4.94. The molecule has 0 bridgehead atoms. The van der Waals surface area contributed by atoms with Gasteiger partial charge in [0.15, 0.2) is 0 Å². The van der Waals surface area contributed by atoms with Gasteiger partial charge in [0.1, 0.15) is 5.25 Å². The fraction of sp³-hybridized carbons (Fsp3) is 0.500. The van der Waals surface area contributed by atoms with Crippen LogP contribution in [0.4, 0.5) is 0 Å². The van der Waals surface area contributed by atoms with Crippen molar-refractivity contribution in [1.82, 2.24) is 9.21 Å². The average molecular weight is 387 g/mol. The Morgan fingerprint density at radius 2 is 2.00 bits per heavy atom. The maximum atomic E-state index is 12.7. The first kappa shape index (κ1) is 18.2. The van der Waals surface area contributed by atoms with Crippen LogP contribution in [-0.2, 0) is 14.8 Å². The molecule has 1 unspecified atom stereocenters. The van der Waals surface area contributed by atoms with E-state index in [1.165, 1.54) is 9.21 Å². The van der Waals surface area contributed by atoms with E-state index in [9.17, 15) is 23.1 Å². The Kier molecular flexibility index (Phi) is 4.55. The molecule has 2 heterocycles. The quantitative estimate of drug-likeness (QED) is 0.841. The van der Waals surface area contributed by atoms with Gasteiger partial charge in [0.25, 0.3) is 5.91 Å². The summed E-state index contributed by atoms with van der Waals surface area (Å²) in [4.78, 5) is 25.1. The summed E-state index contributed by atoms with van der Waals surface area (Å²) in [5.74, 6) is -1.25. The molecule has 1 amide bonds. The summed E-state index contributed by atoms with van der Waals surface area (Å²) < 4.78 is 26.6. The van der Waals surface area contributed by atoms with E-state index in [1.807, 2.05) is 0 Å². The zero-order valence-corrected chi connectivity index (χ0v) is 15.3. The summed E-state index contributed by atoms with van der Waals surface area (Å²) in [6.45, 7) is 1.94. The second-order valence-corrected chi connectivity index (χ2v) is 9.49. The number of benzene rings is 1. The van der Waals surface area contributed by atoms with Crippen molar-refractivity contribution in [2.24, 2.45) is 5.41 Å². The first-order chi connectivity index (χ1) is 11.6. The van der Waals surface area contributed by atoms with Gasteiger partial charge < -0.3 is 10.0 Å². The largest absolute Gasteiger partial charge is 0.481 e. The molecule has 1 atom stereocenters. The van der Waals surface area contributed by atoms with Crippen molar-refractivity contribution in [2.45, 2.75) is 18.6 Å². The van der Waals surface area contributed by atoms with Gasteiger partial charge in [-0.3, -0.25) is 9.59 Å². The standard InChI is InChI=1S/C16H19ClN2O5S/c1-16(15(21)22)5-6-19(10-16)25(23,24)13-8-18(9-13)14(20)11-3-2-4-12(17)7-11/h2-4,7,13H,5-6,8-10H2,1H3,(H,21,22). The van der Waals surface area contributed by atoms with Gasteiger partial charge in [-0.05, 0) is 31.5 Å². The molecule has 2 aliphatic rings. The van der Waals surface area contributed by atoms with Gasteiger partial charge in [0.2, 0.25) is 10.0 Å². The van der Waals surface area contributed by atoms with Crippen LogP contribution in [0.2, 0.25) is 5.02 Å². The van der Waals surface area contributed by atoms with E-state index in [0.717, 1.165) is 0 Å². The highest BCUT2D eigenvalue weighted by atomic mass is 35.5. The van der Waals surface area contributed by atoms with Crippen LogP contribution in [0.15, 0.2) is 24.3 Å². The van der Waals surface area contributed by atoms with Crippen molar-refractivity contribution in [2.75, 3.05) is 26.2 Å². The average Bonchev–Trinajstić information content (AvgIpc) is 2.90. The van der Waals surface area contributed by atoms with Crippen molar-refractivity contribution in [3.05, 3.63) is 34.9 Å². The number of sulfonamides is 1. The number of likely N-dealkylation sites (tertiary alicyclic amines) is 1. The van der Waals surface area contributed by atoms with E-state index < -0.39 is 26.7 Å². The maximum absolute atomic E-state index is 12.7. The van der Waals surface area contributed by atoms with E-state index >= 15 is 0 Å². The Balaban J connectivity index is 1.64. The SMILES string of the molecule is CC1(C(=O)O)CCN(S(=O)(=O)C2CN(C(=O)c3cccc(Cl)c3)C2)C1. The molecule has 1 N–H and O–H groups in total. The number of nitrogens with zero attached hydrogens (tertiary/aromatic N) is 2. The topological polar surface area (TPSA) is 95.0 Å². The number of amides is 1. The fourth-order valence-corrected chi connectivity index (χ4v) is 5.28. The number of hydrogen-bond donors (Lipinski definition) is 1. The van der Waals surface area contributed by atoms with Crippen LogP contribution in [0.3, 0.4) is 0 Å². The van der Waals surface area contributed by atoms with Crippen LogP contribution in [0.25, 0.3) is 0 Å². The van der Waals surface area contributed by atoms with Crippen LogP contribution in [0.5, 0.6) is 0 Å². The molecule has 0 saturated carbocycles. The van der Waals surface area contributed by atoms with Gasteiger partial charge in [-0.25, -0.2) is 12.7 Å². The summed E-state index contributed by atoms with van der Waals surface area (Å²) in [5, 5.41) is 9.00. The minimum Gasteiger partial charge on any atom is -0.481 e. The van der Waals surface area contributed by atoms with E-state index in [-0.39, 0.29) is 32.1 Å². The number of hydrogen-bond acceptors (Lipinski definition) is 4. The van der Waals surface area contributed by atoms with E-state index in [1.54, 1.807) is 31.2 Å². The molecule has 0 aromatic heterocycles. The summed E-state index contributed by atoms with van der Waals surface area (Å²) >= 11 is 5.87. The minimum atomic E-state index is -3.61. The van der Waals surface area contributed by atoms with Crippen LogP contribution in [0.1, 0.15) is 23.7 Å². The highest BCUT2D eigenvalue weighted by Crippen LogP contribution is 2.34. The van der Waals surface area contributed by atoms with Gasteiger partial charge >= 0.3 is 5.97 Å². The number of carbonyl (C=O) groups excluding carboxylic acids is 1. The summed E-state index contributed by atoms with van der Waals surface area (Å²) in [5.41, 5.74) is -0.629. The zero-order valence-electron chi connectivity index (χ0n) is 13.7. The Hall–Kier alpha value is -1.64. The first-order valence-corrected chi connectivity index (χ1v) is 9.79. The highest BCUT2D eigenvalue weighted by molar-refractivity contribution is 7.89. The van der Waals surface area contributed by atoms with Crippen LogP contribution in [0, 0.1) is 5.41 Å². The number of halogens is 1. The van der Waals surface area contributed by atoms with E-state index in [0.29, 0.717) is 17.0 Å². The lowest BCUT2D eigenvalue weighted by atomic mass is 9.90. The van der Waals surface area contributed by atoms with Crippen LogP contribution in [-0.4, -0.2) is 66.0 Å². The van der Waals surface area contributed by atoms with Crippen LogP contribution >= 0.6 is 11.6 Å². The third-order valence-corrected chi connectivity index (χ3v) is 7.35. The van der Waals surface area contributed by atoms with Crippen molar-refractivity contribution in [3.8, 4) is 0 Å². The van der Waals surface area contributed by atoms with Gasteiger partial charge in [0, 0.05) is 36.8 Å². The minimum absolute atomic E-state index is 0.0244. The van der Waals surface area contributed by atoms with Crippen molar-refractivity contribution in [3.63, 3.8) is 0 Å². The lowest BCUT2D eigenvalue weighted by Crippen LogP contribution is -2.59. The first-order valence-electron chi connectivity index (χ1n) is 7.91. The second kappa shape index (κ2) is 6.26. The predicted octanol–water partition coefficient (Wildman–Crippen LogP) is 1.29. The number of carbonyl (C=O) groups is 2. The molecule has 2 fully saturated rings. The summed E-state index contributed by atoms with van der Waals surface area (Å²) in [7, 11) is -3.61. The maximum Gasteiger partial charge on any atom is 0.310 e. The van der Waals surface area contributed by atoms with E-state index in [2.05, 4.69) is 0 Å². The third kappa shape index (κ3) is 3.26. The highest BCUT2D eigenvalue weighted by Gasteiger charge is 2.49. The lowest BCUT2D eigenvalue weighted by Gasteiger charge is -2.40. The molecule has 3 rings (SSSR count). The van der Waals surface area contributed by atoms with Gasteiger partial charge in [-0.1, -0.05) is 17.7 Å². The lowest BCUT2D eigenvalue weighted by molar-refractivity contribution is -0.146. The normalized spacial score (nSPS) is 25.0. The molecule has 0 spiro atoms. The molecule has 1 aromatic carbocycles. The molecule has 9 heteroatoms. The second-order valence-electron chi connectivity index (χ2n) is 6.84. The molecular formula is C16H19ClN2O5S. The molecule has 2 saturated heterocycles. The Morgan fingerprint density at radius 1 is 1.32 bits per heavy atom. The molecule has 0 radical (unpaired) electrons. The summed E-state index contributed by atoms with van der Waals surface area (Å²) in [6, 6.07) is 6.51. The van der Waals surface area contributed by atoms with Crippen LogP contribution < -0.4 is 0 Å². The molecule has 2 aliphatic heterocycles.